The molecule has 1 heterocycles. The molecule has 1 aromatic rings. The van der Waals surface area contributed by atoms with E-state index >= 15 is 0 Å². The van der Waals surface area contributed by atoms with E-state index in [1.165, 1.54) is 29.8 Å². The van der Waals surface area contributed by atoms with Gasteiger partial charge >= 0.3 is 5.97 Å². The van der Waals surface area contributed by atoms with Crippen LogP contribution in [0.2, 0.25) is 0 Å². The fourth-order valence-electron chi connectivity index (χ4n) is 4.04. The summed E-state index contributed by atoms with van der Waals surface area (Å²) in [5.74, 6) is -0.663. The van der Waals surface area contributed by atoms with Gasteiger partial charge < -0.3 is 14.8 Å². The molecule has 0 spiro atoms. The summed E-state index contributed by atoms with van der Waals surface area (Å²) in [6.07, 6.45) is 3.27. The van der Waals surface area contributed by atoms with E-state index in [2.05, 4.69) is 12.2 Å². The number of carbonyl (C=O) groups is 2. The van der Waals surface area contributed by atoms with Gasteiger partial charge in [0, 0.05) is 19.1 Å². The third-order valence-electron chi connectivity index (χ3n) is 6.10. The molecular formula is C22H32N2O6S. The van der Waals surface area contributed by atoms with E-state index in [1.807, 2.05) is 0 Å². The van der Waals surface area contributed by atoms with Crippen molar-refractivity contribution in [2.75, 3.05) is 26.3 Å². The van der Waals surface area contributed by atoms with E-state index in [4.69, 9.17) is 9.47 Å². The Morgan fingerprint density at radius 2 is 1.87 bits per heavy atom. The molecule has 8 nitrogen and oxygen atoms in total. The number of hydrogen-bond donors (Lipinski definition) is 1. The lowest BCUT2D eigenvalue weighted by Gasteiger charge is -2.30. The largest absolute Gasteiger partial charge is 0.449 e. The summed E-state index contributed by atoms with van der Waals surface area (Å²) < 4.78 is 38.0. The third kappa shape index (κ3) is 5.64. The van der Waals surface area contributed by atoms with Crippen molar-refractivity contribution in [2.24, 2.45) is 5.92 Å². The second kappa shape index (κ2) is 10.1. The summed E-state index contributed by atoms with van der Waals surface area (Å²) in [6.45, 7) is 6.55. The minimum atomic E-state index is -3.75. The molecule has 0 unspecified atom stereocenters. The minimum absolute atomic E-state index is 0.0667. The van der Waals surface area contributed by atoms with E-state index in [1.54, 1.807) is 13.0 Å². The number of hydrogen-bond acceptors (Lipinski definition) is 6. The van der Waals surface area contributed by atoms with Crippen molar-refractivity contribution in [2.45, 2.75) is 63.5 Å². The highest BCUT2D eigenvalue weighted by atomic mass is 32.2. The summed E-state index contributed by atoms with van der Waals surface area (Å²) in [4.78, 5) is 25.2. The topological polar surface area (TPSA) is 102 Å². The molecule has 1 N–H and O–H groups in total. The van der Waals surface area contributed by atoms with E-state index in [0.717, 1.165) is 19.3 Å². The zero-order valence-corrected chi connectivity index (χ0v) is 19.2. The molecular weight excluding hydrogens is 420 g/mol. The van der Waals surface area contributed by atoms with Crippen molar-refractivity contribution in [1.82, 2.24) is 9.62 Å². The maximum absolute atomic E-state index is 13.0. The highest BCUT2D eigenvalue weighted by molar-refractivity contribution is 7.89. The molecule has 172 valence electrons. The van der Waals surface area contributed by atoms with E-state index in [0.29, 0.717) is 24.7 Å². The standard InChI is InChI=1S/C22H32N2O6S/c1-15-6-4-5-7-19(15)23-21(25)17(3)30-22(26)18-9-8-16(2)20(14-18)31(27,28)24-10-12-29-13-11-24/h8-9,14-15,17,19H,4-7,10-13H2,1-3H3,(H,23,25)/t15-,17-,19+/m0/s1. The molecule has 0 radical (unpaired) electrons. The van der Waals surface area contributed by atoms with E-state index in [9.17, 15) is 18.0 Å². The predicted molar refractivity (Wildman–Crippen MR) is 115 cm³/mol. The molecule has 1 saturated heterocycles. The van der Waals surface area contributed by atoms with Gasteiger partial charge in [0.2, 0.25) is 10.0 Å². The van der Waals surface area contributed by atoms with Crippen molar-refractivity contribution in [3.8, 4) is 0 Å². The third-order valence-corrected chi connectivity index (χ3v) is 8.14. The lowest BCUT2D eigenvalue weighted by Crippen LogP contribution is -2.46. The molecule has 1 aliphatic carbocycles. The van der Waals surface area contributed by atoms with Crippen LogP contribution in [-0.2, 0) is 24.3 Å². The SMILES string of the molecule is Cc1ccc(C(=O)O[C@@H](C)C(=O)N[C@@H]2CCCC[C@@H]2C)cc1S(=O)(=O)N1CCOCC1. The van der Waals surface area contributed by atoms with Crippen molar-refractivity contribution in [3.63, 3.8) is 0 Å². The Balaban J connectivity index is 1.68. The van der Waals surface area contributed by atoms with Gasteiger partial charge in [0.25, 0.3) is 5.91 Å². The molecule has 1 aliphatic heterocycles. The Hall–Kier alpha value is -1.97. The van der Waals surface area contributed by atoms with Gasteiger partial charge in [-0.1, -0.05) is 25.8 Å². The minimum Gasteiger partial charge on any atom is -0.449 e. The van der Waals surface area contributed by atoms with Crippen LogP contribution in [0.25, 0.3) is 0 Å². The Labute approximate surface area is 184 Å². The van der Waals surface area contributed by atoms with Crippen molar-refractivity contribution >= 4 is 21.9 Å². The molecule has 3 atom stereocenters. The second-order valence-electron chi connectivity index (χ2n) is 8.42. The first-order valence-corrected chi connectivity index (χ1v) is 12.3. The summed E-state index contributed by atoms with van der Waals surface area (Å²) in [5, 5.41) is 2.98. The van der Waals surface area contributed by atoms with Gasteiger partial charge in [0.1, 0.15) is 0 Å². The number of esters is 1. The molecule has 3 rings (SSSR count). The molecule has 0 aromatic heterocycles. The number of nitrogens with one attached hydrogen (secondary N) is 1. The van der Waals surface area contributed by atoms with Crippen molar-refractivity contribution in [3.05, 3.63) is 29.3 Å². The van der Waals surface area contributed by atoms with Gasteiger partial charge in [0.05, 0.1) is 23.7 Å². The van der Waals surface area contributed by atoms with E-state index < -0.39 is 22.1 Å². The molecule has 0 bridgehead atoms. The summed E-state index contributed by atoms with van der Waals surface area (Å²) in [5.41, 5.74) is 0.642. The molecule has 2 fully saturated rings. The summed E-state index contributed by atoms with van der Waals surface area (Å²) >= 11 is 0. The van der Waals surface area contributed by atoms with Gasteiger partial charge in [-0.15, -0.1) is 0 Å². The van der Waals surface area contributed by atoms with Gasteiger partial charge in [-0.05, 0) is 50.3 Å². The maximum Gasteiger partial charge on any atom is 0.338 e. The molecule has 1 amide bonds. The number of ether oxygens (including phenoxy) is 2. The molecule has 31 heavy (non-hydrogen) atoms. The van der Waals surface area contributed by atoms with Gasteiger partial charge in [-0.3, -0.25) is 4.79 Å². The first-order chi connectivity index (χ1) is 14.7. The van der Waals surface area contributed by atoms with Crippen LogP contribution < -0.4 is 5.32 Å². The van der Waals surface area contributed by atoms with Gasteiger partial charge in [-0.25, -0.2) is 13.2 Å². The van der Waals surface area contributed by atoms with Gasteiger partial charge in [0.15, 0.2) is 6.10 Å². The highest BCUT2D eigenvalue weighted by Gasteiger charge is 2.30. The van der Waals surface area contributed by atoms with Crippen LogP contribution in [0.15, 0.2) is 23.1 Å². The highest BCUT2D eigenvalue weighted by Crippen LogP contribution is 2.25. The van der Waals surface area contributed by atoms with Crippen LogP contribution in [0.3, 0.4) is 0 Å². The Bertz CT molecular complexity index is 911. The van der Waals surface area contributed by atoms with Crippen LogP contribution in [0.1, 0.15) is 55.5 Å². The first kappa shape index (κ1) is 23.7. The molecule has 2 aliphatic rings. The number of amides is 1. The van der Waals surface area contributed by atoms with E-state index in [-0.39, 0.29) is 35.5 Å². The predicted octanol–water partition coefficient (Wildman–Crippen LogP) is 2.26. The second-order valence-corrected chi connectivity index (χ2v) is 10.3. The van der Waals surface area contributed by atoms with Crippen LogP contribution in [0, 0.1) is 12.8 Å². The first-order valence-electron chi connectivity index (χ1n) is 10.9. The van der Waals surface area contributed by atoms with Crippen LogP contribution in [0.4, 0.5) is 0 Å². The zero-order valence-electron chi connectivity index (χ0n) is 18.4. The fourth-order valence-corrected chi connectivity index (χ4v) is 5.70. The average molecular weight is 453 g/mol. The number of benzene rings is 1. The lowest BCUT2D eigenvalue weighted by atomic mass is 9.86. The Morgan fingerprint density at radius 1 is 1.19 bits per heavy atom. The summed E-state index contributed by atoms with van der Waals surface area (Å²) in [6, 6.07) is 4.52. The number of carbonyl (C=O) groups excluding carboxylic acids is 2. The molecule has 1 aromatic carbocycles. The number of morpholine rings is 1. The number of sulfonamides is 1. The van der Waals surface area contributed by atoms with Crippen LogP contribution >= 0.6 is 0 Å². The lowest BCUT2D eigenvalue weighted by molar-refractivity contribution is -0.130. The quantitative estimate of drug-likeness (QED) is 0.665. The van der Waals surface area contributed by atoms with Crippen LogP contribution in [0.5, 0.6) is 0 Å². The van der Waals surface area contributed by atoms with Crippen LogP contribution in [-0.4, -0.2) is 63.0 Å². The smallest absolute Gasteiger partial charge is 0.338 e. The Morgan fingerprint density at radius 3 is 2.55 bits per heavy atom. The number of rotatable bonds is 6. The normalized spacial score (nSPS) is 23.7. The Kier molecular flexibility index (Phi) is 7.72. The number of nitrogens with zero attached hydrogens (tertiary/aromatic N) is 1. The van der Waals surface area contributed by atoms with Gasteiger partial charge in [-0.2, -0.15) is 4.31 Å². The van der Waals surface area contributed by atoms with Crippen molar-refractivity contribution in [1.29, 1.82) is 0 Å². The zero-order chi connectivity index (χ0) is 22.6. The average Bonchev–Trinajstić information content (AvgIpc) is 2.76. The maximum atomic E-state index is 13.0. The fraction of sp³-hybridized carbons (Fsp3) is 0.636. The van der Waals surface area contributed by atoms with Crippen molar-refractivity contribution < 1.29 is 27.5 Å². The summed E-state index contributed by atoms with van der Waals surface area (Å²) in [7, 11) is -3.75. The number of aryl methyl sites for hydroxylation is 1. The monoisotopic (exact) mass is 452 g/mol. The molecule has 1 saturated carbocycles. The molecule has 9 heteroatoms.